The lowest BCUT2D eigenvalue weighted by Crippen LogP contribution is -2.62. The maximum atomic E-state index is 13.2. The molecule has 3 aromatic rings. The van der Waals surface area contributed by atoms with Crippen LogP contribution in [0.1, 0.15) is 24.2 Å². The number of carbonyl (C=O) groups excluding carboxylic acids is 2. The van der Waals surface area contributed by atoms with E-state index in [1.807, 2.05) is 24.3 Å². The first-order valence-corrected chi connectivity index (χ1v) is 9.56. The second-order valence-corrected chi connectivity index (χ2v) is 7.62. The summed E-state index contributed by atoms with van der Waals surface area (Å²) in [6, 6.07) is 10.7. The molecule has 0 aliphatic carbocycles. The van der Waals surface area contributed by atoms with Gasteiger partial charge in [0.1, 0.15) is 6.04 Å². The monoisotopic (exact) mass is 390 g/mol. The zero-order valence-corrected chi connectivity index (χ0v) is 15.8. The molecule has 146 valence electrons. The van der Waals surface area contributed by atoms with E-state index < -0.39 is 12.1 Å². The number of aromatic amines is 1. The summed E-state index contributed by atoms with van der Waals surface area (Å²) in [7, 11) is 1.63. The summed E-state index contributed by atoms with van der Waals surface area (Å²) >= 11 is 0. The van der Waals surface area contributed by atoms with Crippen molar-refractivity contribution < 1.29 is 20.4 Å². The van der Waals surface area contributed by atoms with Crippen molar-refractivity contribution in [3.8, 4) is 11.5 Å². The van der Waals surface area contributed by atoms with Gasteiger partial charge in [-0.2, -0.15) is 0 Å². The first-order chi connectivity index (χ1) is 14.5. The highest BCUT2D eigenvalue weighted by Crippen LogP contribution is 2.44. The maximum Gasteiger partial charge on any atom is 0.245 e. The Morgan fingerprint density at radius 1 is 1.14 bits per heavy atom. The van der Waals surface area contributed by atoms with Crippen molar-refractivity contribution in [3.05, 3.63) is 59.3 Å². The van der Waals surface area contributed by atoms with Crippen molar-refractivity contribution in [2.45, 2.75) is 18.5 Å². The Bertz CT molecular complexity index is 1240. The zero-order valence-electron chi connectivity index (χ0n) is 16.8. The highest BCUT2D eigenvalue weighted by molar-refractivity contribution is 5.97. The summed E-state index contributed by atoms with van der Waals surface area (Å²) in [6.45, 7) is 0.0754. The lowest BCUT2D eigenvalue weighted by Gasteiger charge is -2.46. The molecule has 0 bridgehead atoms. The number of nitrogens with zero attached hydrogens (tertiary/aromatic N) is 2. The molecule has 2 atom stereocenters. The van der Waals surface area contributed by atoms with Crippen molar-refractivity contribution in [2.75, 3.05) is 20.4 Å². The Labute approximate surface area is 168 Å². The molecular weight excluding hydrogens is 370 g/mol. The smallest absolute Gasteiger partial charge is 0.245 e. The molecule has 7 nitrogen and oxygen atoms in total. The van der Waals surface area contributed by atoms with Gasteiger partial charge in [-0.15, -0.1) is 0 Å². The van der Waals surface area contributed by atoms with Gasteiger partial charge in [-0.3, -0.25) is 9.59 Å². The molecule has 1 fully saturated rings. The number of fused-ring (bicyclic) bond motifs is 5. The van der Waals surface area contributed by atoms with Gasteiger partial charge < -0.3 is 24.3 Å². The Hall–Kier alpha value is -3.48. The number of aromatic nitrogens is 1. The lowest BCUT2D eigenvalue weighted by molar-refractivity contribution is -0.157. The first kappa shape index (κ1) is 15.4. The molecule has 0 radical (unpaired) electrons. The number of piperazine rings is 1. The van der Waals surface area contributed by atoms with Crippen molar-refractivity contribution in [1.29, 1.82) is 0 Å². The van der Waals surface area contributed by atoms with Crippen LogP contribution in [-0.4, -0.2) is 53.0 Å². The molecule has 1 aromatic heterocycles. The second kappa shape index (κ2) is 5.76. The van der Waals surface area contributed by atoms with Crippen LogP contribution in [0.4, 0.5) is 0 Å². The number of rotatable bonds is 1. The summed E-state index contributed by atoms with van der Waals surface area (Å²) in [5.41, 5.74) is 2.95. The predicted molar refractivity (Wildman–Crippen MR) is 105 cm³/mol. The SMILES string of the molecule is [2H][C@@]1(c2ccc3c(c2)OCO3)c2[nH]c3ccccc3c2C[C@@H]2C(=O)N(C)CC(=O)N21. The third-order valence-corrected chi connectivity index (χ3v) is 5.95. The fourth-order valence-corrected chi connectivity index (χ4v) is 4.61. The van der Waals surface area contributed by atoms with E-state index in [1.54, 1.807) is 25.2 Å². The molecule has 3 aliphatic heterocycles. The van der Waals surface area contributed by atoms with Gasteiger partial charge in [0.25, 0.3) is 0 Å². The quantitative estimate of drug-likeness (QED) is 0.691. The van der Waals surface area contributed by atoms with E-state index in [9.17, 15) is 11.0 Å². The molecule has 1 N–H and O–H groups in total. The third-order valence-electron chi connectivity index (χ3n) is 5.95. The van der Waals surface area contributed by atoms with Gasteiger partial charge >= 0.3 is 0 Å². The molecule has 0 saturated carbocycles. The Morgan fingerprint density at radius 3 is 2.86 bits per heavy atom. The summed E-state index contributed by atoms with van der Waals surface area (Å²) < 4.78 is 20.6. The Balaban J connectivity index is 1.65. The molecule has 7 heteroatoms. The molecule has 3 aliphatic rings. The summed E-state index contributed by atoms with van der Waals surface area (Å²) in [6.07, 6.45) is 0.374. The van der Waals surface area contributed by atoms with Crippen LogP contribution in [-0.2, 0) is 16.0 Å². The van der Waals surface area contributed by atoms with Crippen LogP contribution in [0, 0.1) is 0 Å². The molecule has 29 heavy (non-hydrogen) atoms. The average molecular weight is 390 g/mol. The van der Waals surface area contributed by atoms with E-state index in [0.29, 0.717) is 29.2 Å². The summed E-state index contributed by atoms with van der Waals surface area (Å²) in [5, 5.41) is 0.970. The maximum absolute atomic E-state index is 13.2. The van der Waals surface area contributed by atoms with Crippen LogP contribution in [0.5, 0.6) is 11.5 Å². The van der Waals surface area contributed by atoms with E-state index in [4.69, 9.17) is 9.47 Å². The normalized spacial score (nSPS) is 25.8. The van der Waals surface area contributed by atoms with Crippen LogP contribution in [0.2, 0.25) is 0 Å². The molecule has 6 rings (SSSR count). The van der Waals surface area contributed by atoms with E-state index in [2.05, 4.69) is 4.98 Å². The molecule has 2 amide bonds. The standard InChI is InChI=1S/C22H19N3O4/c1-24-10-19(26)25-16(22(24)27)9-14-13-4-2-3-5-15(13)23-20(14)21(25)12-6-7-17-18(8-12)29-11-28-17/h2-8,16,21,23H,9-11H2,1H3/t16-,21-/m1/s1/i21D. The Kier molecular flexibility index (Phi) is 3.07. The fourth-order valence-electron chi connectivity index (χ4n) is 4.61. The molecule has 0 unspecified atom stereocenters. The number of amides is 2. The molecule has 0 spiro atoms. The molecular formula is C22H19N3O4. The number of benzene rings is 2. The Morgan fingerprint density at radius 2 is 1.97 bits per heavy atom. The second-order valence-electron chi connectivity index (χ2n) is 7.62. The first-order valence-electron chi connectivity index (χ1n) is 10.1. The minimum absolute atomic E-state index is 0.0456. The number of hydrogen-bond donors (Lipinski definition) is 1. The third kappa shape index (κ3) is 2.24. The van der Waals surface area contributed by atoms with Gasteiger partial charge in [0.05, 0.1) is 13.9 Å². The van der Waals surface area contributed by atoms with Crippen molar-refractivity contribution >= 4 is 22.7 Å². The van der Waals surface area contributed by atoms with Gasteiger partial charge in [-0.1, -0.05) is 24.3 Å². The topological polar surface area (TPSA) is 74.9 Å². The molecule has 2 aromatic carbocycles. The van der Waals surface area contributed by atoms with Crippen LogP contribution < -0.4 is 9.47 Å². The predicted octanol–water partition coefficient (Wildman–Crippen LogP) is 2.21. The number of para-hydroxylation sites is 1. The number of nitrogens with one attached hydrogen (secondary N) is 1. The minimum Gasteiger partial charge on any atom is -0.454 e. The number of likely N-dealkylation sites (N-methyl/N-ethyl adjacent to an activating group) is 1. The van der Waals surface area contributed by atoms with Gasteiger partial charge in [-0.25, -0.2) is 0 Å². The number of ether oxygens (including phenoxy) is 2. The van der Waals surface area contributed by atoms with Crippen LogP contribution in [0.15, 0.2) is 42.5 Å². The minimum atomic E-state index is -1.59. The zero-order chi connectivity index (χ0) is 20.6. The van der Waals surface area contributed by atoms with Gasteiger partial charge in [0.15, 0.2) is 11.5 Å². The van der Waals surface area contributed by atoms with Crippen molar-refractivity contribution in [3.63, 3.8) is 0 Å². The van der Waals surface area contributed by atoms with E-state index in [0.717, 1.165) is 16.5 Å². The highest BCUT2D eigenvalue weighted by atomic mass is 16.7. The van der Waals surface area contributed by atoms with Crippen molar-refractivity contribution in [1.82, 2.24) is 14.8 Å². The lowest BCUT2D eigenvalue weighted by atomic mass is 9.86. The van der Waals surface area contributed by atoms with Crippen LogP contribution >= 0.6 is 0 Å². The summed E-state index contributed by atoms with van der Waals surface area (Å²) in [4.78, 5) is 32.5. The number of carbonyl (C=O) groups is 2. The van der Waals surface area contributed by atoms with Crippen LogP contribution in [0.25, 0.3) is 10.9 Å². The van der Waals surface area contributed by atoms with E-state index >= 15 is 0 Å². The highest BCUT2D eigenvalue weighted by Gasteiger charge is 2.47. The largest absolute Gasteiger partial charge is 0.454 e. The van der Waals surface area contributed by atoms with Gasteiger partial charge in [-0.05, 0) is 29.3 Å². The van der Waals surface area contributed by atoms with Crippen molar-refractivity contribution in [2.24, 2.45) is 0 Å². The molecule has 1 saturated heterocycles. The van der Waals surface area contributed by atoms with Crippen LogP contribution in [0.3, 0.4) is 0 Å². The van der Waals surface area contributed by atoms with E-state index in [-0.39, 0.29) is 25.2 Å². The summed E-state index contributed by atoms with van der Waals surface area (Å²) in [5.74, 6) is 0.737. The average Bonchev–Trinajstić information content (AvgIpc) is 3.36. The number of hydrogen-bond acceptors (Lipinski definition) is 4. The molecule has 4 heterocycles. The fraction of sp³-hybridized carbons (Fsp3) is 0.273. The van der Waals surface area contributed by atoms with Gasteiger partial charge in [0.2, 0.25) is 18.6 Å². The number of H-pyrrole nitrogens is 1. The van der Waals surface area contributed by atoms with E-state index in [1.165, 1.54) is 9.80 Å². The van der Waals surface area contributed by atoms with Gasteiger partial charge in [0, 0.05) is 30.1 Å².